The molecule has 10 heteroatoms. The molecule has 0 spiro atoms. The minimum Gasteiger partial charge on any atom is -0.493 e. The average molecular weight is 506 g/mol. The van der Waals surface area contributed by atoms with E-state index in [4.69, 9.17) is 33.3 Å². The van der Waals surface area contributed by atoms with Gasteiger partial charge in [-0.25, -0.2) is 8.42 Å². The highest BCUT2D eigenvalue weighted by Gasteiger charge is 2.14. The minimum absolute atomic E-state index is 0.135. The van der Waals surface area contributed by atoms with Gasteiger partial charge in [0.2, 0.25) is 0 Å². The summed E-state index contributed by atoms with van der Waals surface area (Å²) in [6, 6.07) is 18.5. The third kappa shape index (κ3) is 6.98. The molecular formula is C23H24ClN3O4S2. The predicted molar refractivity (Wildman–Crippen MR) is 136 cm³/mol. The number of ether oxygens (including phenoxy) is 2. The number of nitrogens with one attached hydrogen (secondary N) is 3. The van der Waals surface area contributed by atoms with E-state index >= 15 is 0 Å². The van der Waals surface area contributed by atoms with Crippen molar-refractivity contribution in [1.82, 2.24) is 5.32 Å². The van der Waals surface area contributed by atoms with Gasteiger partial charge in [0.05, 0.1) is 19.1 Å². The smallest absolute Gasteiger partial charge is 0.261 e. The van der Waals surface area contributed by atoms with Crippen LogP contribution < -0.4 is 24.8 Å². The van der Waals surface area contributed by atoms with Crippen molar-refractivity contribution < 1.29 is 17.9 Å². The van der Waals surface area contributed by atoms with Crippen LogP contribution in [-0.2, 0) is 16.4 Å². The van der Waals surface area contributed by atoms with Gasteiger partial charge in [0.15, 0.2) is 16.6 Å². The quantitative estimate of drug-likeness (QED) is 0.364. The predicted octanol–water partition coefficient (Wildman–Crippen LogP) is 4.69. The lowest BCUT2D eigenvalue weighted by molar-refractivity contribution is 0.354. The largest absolute Gasteiger partial charge is 0.493 e. The second-order valence-electron chi connectivity index (χ2n) is 6.96. The fourth-order valence-electron chi connectivity index (χ4n) is 2.98. The van der Waals surface area contributed by atoms with Crippen LogP contribution in [0.3, 0.4) is 0 Å². The van der Waals surface area contributed by atoms with Gasteiger partial charge in [-0.2, -0.15) is 0 Å². The van der Waals surface area contributed by atoms with E-state index in [1.54, 1.807) is 50.6 Å². The maximum Gasteiger partial charge on any atom is 0.261 e. The standard InChI is InChI=1S/C23H24ClN3O4S2/c1-30-21-12-3-16(15-22(21)31-2)13-14-25-23(32)26-18-8-10-20(11-9-18)33(28,29)27-19-6-4-17(24)5-7-19/h3-12,15,27H,13-14H2,1-2H3,(H2,25,26,32). The summed E-state index contributed by atoms with van der Waals surface area (Å²) in [5.41, 5.74) is 2.18. The van der Waals surface area contributed by atoms with Gasteiger partial charge in [0.25, 0.3) is 10.0 Å². The van der Waals surface area contributed by atoms with Gasteiger partial charge in [-0.05, 0) is 84.9 Å². The summed E-state index contributed by atoms with van der Waals surface area (Å²) < 4.78 is 38.2. The van der Waals surface area contributed by atoms with E-state index in [0.29, 0.717) is 39.6 Å². The number of sulfonamides is 1. The van der Waals surface area contributed by atoms with E-state index in [9.17, 15) is 8.42 Å². The Morgan fingerprint density at radius 3 is 2.18 bits per heavy atom. The second-order valence-corrected chi connectivity index (χ2v) is 9.48. The van der Waals surface area contributed by atoms with Gasteiger partial charge in [0.1, 0.15) is 0 Å². The van der Waals surface area contributed by atoms with Gasteiger partial charge < -0.3 is 20.1 Å². The molecule has 33 heavy (non-hydrogen) atoms. The van der Waals surface area contributed by atoms with E-state index in [1.807, 2.05) is 18.2 Å². The highest BCUT2D eigenvalue weighted by Crippen LogP contribution is 2.27. The van der Waals surface area contributed by atoms with Gasteiger partial charge in [-0.1, -0.05) is 17.7 Å². The molecule has 7 nitrogen and oxygen atoms in total. The number of thiocarbonyl (C=S) groups is 1. The van der Waals surface area contributed by atoms with Crippen molar-refractivity contribution in [3.8, 4) is 11.5 Å². The van der Waals surface area contributed by atoms with Crippen LogP contribution in [0, 0.1) is 0 Å². The van der Waals surface area contributed by atoms with Crippen molar-refractivity contribution in [2.24, 2.45) is 0 Å². The van der Waals surface area contributed by atoms with E-state index in [1.165, 1.54) is 12.1 Å². The number of rotatable bonds is 9. The Hall–Kier alpha value is -3.01. The van der Waals surface area contributed by atoms with Crippen LogP contribution in [0.2, 0.25) is 5.02 Å². The second kappa shape index (κ2) is 11.2. The van der Waals surface area contributed by atoms with Crippen LogP contribution in [0.25, 0.3) is 0 Å². The molecule has 0 heterocycles. The lowest BCUT2D eigenvalue weighted by Gasteiger charge is -2.13. The molecule has 0 radical (unpaired) electrons. The Kier molecular flexibility index (Phi) is 8.37. The number of hydrogen-bond donors (Lipinski definition) is 3. The van der Waals surface area contributed by atoms with Gasteiger partial charge in [0, 0.05) is 22.9 Å². The lowest BCUT2D eigenvalue weighted by Crippen LogP contribution is -2.30. The van der Waals surface area contributed by atoms with Crippen LogP contribution in [0.4, 0.5) is 11.4 Å². The summed E-state index contributed by atoms with van der Waals surface area (Å²) in [7, 11) is -0.517. The van der Waals surface area contributed by atoms with Crippen LogP contribution in [0.5, 0.6) is 11.5 Å². The number of hydrogen-bond acceptors (Lipinski definition) is 5. The molecule has 0 aliphatic heterocycles. The van der Waals surface area contributed by atoms with Crippen molar-refractivity contribution >= 4 is 50.3 Å². The molecule has 0 saturated heterocycles. The third-order valence-electron chi connectivity index (χ3n) is 4.67. The Morgan fingerprint density at radius 2 is 1.55 bits per heavy atom. The Bertz CT molecular complexity index is 1200. The summed E-state index contributed by atoms with van der Waals surface area (Å²) in [5.74, 6) is 1.36. The third-order valence-corrected chi connectivity index (χ3v) is 6.56. The Labute approximate surface area is 204 Å². The zero-order valence-corrected chi connectivity index (χ0v) is 20.5. The molecule has 0 amide bonds. The lowest BCUT2D eigenvalue weighted by atomic mass is 10.1. The van der Waals surface area contributed by atoms with Crippen molar-refractivity contribution in [2.45, 2.75) is 11.3 Å². The normalized spacial score (nSPS) is 10.9. The van der Waals surface area contributed by atoms with Crippen LogP contribution >= 0.6 is 23.8 Å². The van der Waals surface area contributed by atoms with E-state index < -0.39 is 10.0 Å². The first-order valence-electron chi connectivity index (χ1n) is 9.95. The molecule has 3 N–H and O–H groups in total. The molecule has 3 aromatic rings. The molecular weight excluding hydrogens is 482 g/mol. The van der Waals surface area contributed by atoms with Crippen molar-refractivity contribution in [3.05, 3.63) is 77.3 Å². The zero-order valence-electron chi connectivity index (χ0n) is 18.1. The zero-order chi connectivity index (χ0) is 23.8. The fourth-order valence-corrected chi connectivity index (χ4v) is 4.39. The van der Waals surface area contributed by atoms with Crippen molar-refractivity contribution in [3.63, 3.8) is 0 Å². The monoisotopic (exact) mass is 505 g/mol. The minimum atomic E-state index is -3.72. The average Bonchev–Trinajstić information content (AvgIpc) is 2.80. The van der Waals surface area contributed by atoms with Crippen LogP contribution in [0.15, 0.2) is 71.6 Å². The maximum atomic E-state index is 12.6. The molecule has 0 aliphatic rings. The Morgan fingerprint density at radius 1 is 0.909 bits per heavy atom. The molecule has 0 aliphatic carbocycles. The van der Waals surface area contributed by atoms with Crippen LogP contribution in [-0.4, -0.2) is 34.3 Å². The number of benzene rings is 3. The highest BCUT2D eigenvalue weighted by molar-refractivity contribution is 7.92. The summed E-state index contributed by atoms with van der Waals surface area (Å²) in [4.78, 5) is 0.135. The molecule has 0 bridgehead atoms. The van der Waals surface area contributed by atoms with Crippen LogP contribution in [0.1, 0.15) is 5.56 Å². The van der Waals surface area contributed by atoms with Gasteiger partial charge >= 0.3 is 0 Å². The topological polar surface area (TPSA) is 88.7 Å². The van der Waals surface area contributed by atoms with E-state index in [-0.39, 0.29) is 4.90 Å². The molecule has 3 aromatic carbocycles. The molecule has 0 saturated carbocycles. The van der Waals surface area contributed by atoms with Gasteiger partial charge in [-0.3, -0.25) is 4.72 Å². The van der Waals surface area contributed by atoms with Gasteiger partial charge in [-0.15, -0.1) is 0 Å². The van der Waals surface area contributed by atoms with Crippen molar-refractivity contribution in [1.29, 1.82) is 0 Å². The van der Waals surface area contributed by atoms with Crippen molar-refractivity contribution in [2.75, 3.05) is 30.8 Å². The molecule has 3 rings (SSSR count). The maximum absolute atomic E-state index is 12.6. The van der Waals surface area contributed by atoms with E-state index in [0.717, 1.165) is 12.0 Å². The first-order valence-corrected chi connectivity index (χ1v) is 12.2. The molecule has 174 valence electrons. The highest BCUT2D eigenvalue weighted by atomic mass is 35.5. The van der Waals surface area contributed by atoms with E-state index in [2.05, 4.69) is 15.4 Å². The molecule has 0 unspecified atom stereocenters. The summed E-state index contributed by atoms with van der Waals surface area (Å²) >= 11 is 11.2. The number of halogens is 1. The first kappa shape index (κ1) is 24.6. The Balaban J connectivity index is 1.52. The summed E-state index contributed by atoms with van der Waals surface area (Å²) in [5, 5.41) is 7.15. The SMILES string of the molecule is COc1ccc(CCNC(=S)Nc2ccc(S(=O)(=O)Nc3ccc(Cl)cc3)cc2)cc1OC. The summed E-state index contributed by atoms with van der Waals surface area (Å²) in [6.07, 6.45) is 0.732. The first-order chi connectivity index (χ1) is 15.8. The number of methoxy groups -OCH3 is 2. The molecule has 0 aromatic heterocycles. The molecule has 0 atom stereocenters. The number of anilines is 2. The molecule has 0 fully saturated rings. The summed E-state index contributed by atoms with van der Waals surface area (Å²) in [6.45, 7) is 0.610. The fraction of sp³-hybridized carbons (Fsp3) is 0.174.